The molecule has 1 aliphatic heterocycles. The van der Waals surface area contributed by atoms with E-state index in [0.29, 0.717) is 0 Å². The third-order valence-corrected chi connectivity index (χ3v) is 1.58. The Balaban J connectivity index is 2.41. The van der Waals surface area contributed by atoms with E-state index in [1.807, 2.05) is 0 Å². The van der Waals surface area contributed by atoms with Crippen LogP contribution in [0.1, 0.15) is 0 Å². The first-order valence-electron chi connectivity index (χ1n) is 3.45. The quantitative estimate of drug-likeness (QED) is 0.453. The molecule has 1 fully saturated rings. The topological polar surface area (TPSA) is 79.2 Å². The molecule has 3 atom stereocenters. The number of rotatable bonds is 3. The third-order valence-electron chi connectivity index (χ3n) is 1.58. The number of hydrogen-bond acceptors (Lipinski definition) is 5. The summed E-state index contributed by atoms with van der Waals surface area (Å²) in [6.07, 6.45) is -1.74. The monoisotopic (exact) mass is 164 g/mol. The Hall–Kier alpha value is -0.200. The van der Waals surface area contributed by atoms with Gasteiger partial charge in [-0.15, -0.1) is 0 Å². The van der Waals surface area contributed by atoms with Crippen LogP contribution in [0.25, 0.3) is 0 Å². The SMILES string of the molecule is OCC1O[C@@H](CO)[C@@H](CO)O1. The zero-order valence-electron chi connectivity index (χ0n) is 6.01. The van der Waals surface area contributed by atoms with Gasteiger partial charge in [0, 0.05) is 0 Å². The number of hydrogen-bond donors (Lipinski definition) is 3. The Kier molecular flexibility index (Phi) is 3.22. The maximum absolute atomic E-state index is 8.68. The van der Waals surface area contributed by atoms with Gasteiger partial charge in [-0.05, 0) is 0 Å². The normalized spacial score (nSPS) is 37.9. The molecule has 0 aromatic rings. The molecule has 1 saturated heterocycles. The van der Waals surface area contributed by atoms with E-state index in [-0.39, 0.29) is 19.8 Å². The molecule has 5 heteroatoms. The average Bonchev–Trinajstić information content (AvgIpc) is 2.46. The van der Waals surface area contributed by atoms with Crippen molar-refractivity contribution in [2.24, 2.45) is 0 Å². The highest BCUT2D eigenvalue weighted by Gasteiger charge is 2.34. The van der Waals surface area contributed by atoms with Crippen molar-refractivity contribution in [1.29, 1.82) is 0 Å². The molecule has 0 radical (unpaired) electrons. The first-order chi connectivity index (χ1) is 5.31. The van der Waals surface area contributed by atoms with E-state index >= 15 is 0 Å². The fraction of sp³-hybridized carbons (Fsp3) is 1.00. The van der Waals surface area contributed by atoms with E-state index in [0.717, 1.165) is 0 Å². The van der Waals surface area contributed by atoms with Crippen LogP contribution in [0.15, 0.2) is 0 Å². The second-order valence-corrected chi connectivity index (χ2v) is 2.33. The van der Waals surface area contributed by atoms with E-state index < -0.39 is 18.5 Å². The molecule has 0 aliphatic carbocycles. The first kappa shape index (κ1) is 8.89. The molecule has 1 aliphatic rings. The van der Waals surface area contributed by atoms with Crippen molar-refractivity contribution in [1.82, 2.24) is 0 Å². The van der Waals surface area contributed by atoms with Gasteiger partial charge in [0.2, 0.25) is 0 Å². The molecular weight excluding hydrogens is 152 g/mol. The molecule has 3 N–H and O–H groups in total. The minimum Gasteiger partial charge on any atom is -0.394 e. The van der Waals surface area contributed by atoms with Gasteiger partial charge in [0.1, 0.15) is 12.2 Å². The second-order valence-electron chi connectivity index (χ2n) is 2.33. The van der Waals surface area contributed by atoms with Crippen LogP contribution in [-0.2, 0) is 9.47 Å². The van der Waals surface area contributed by atoms with Crippen molar-refractivity contribution >= 4 is 0 Å². The minimum absolute atomic E-state index is 0.207. The highest BCUT2D eigenvalue weighted by atomic mass is 16.7. The molecule has 0 spiro atoms. The van der Waals surface area contributed by atoms with Crippen LogP contribution in [0, 0.1) is 0 Å². The largest absolute Gasteiger partial charge is 0.394 e. The summed E-state index contributed by atoms with van der Waals surface area (Å²) in [4.78, 5) is 0. The van der Waals surface area contributed by atoms with Crippen LogP contribution in [0.3, 0.4) is 0 Å². The molecule has 0 bridgehead atoms. The number of aliphatic hydroxyl groups is 3. The molecule has 1 unspecified atom stereocenters. The van der Waals surface area contributed by atoms with Crippen LogP contribution >= 0.6 is 0 Å². The van der Waals surface area contributed by atoms with E-state index in [1.54, 1.807) is 0 Å². The molecule has 1 rings (SSSR count). The molecule has 0 saturated carbocycles. The van der Waals surface area contributed by atoms with Crippen LogP contribution in [0.5, 0.6) is 0 Å². The maximum atomic E-state index is 8.68. The lowest BCUT2D eigenvalue weighted by molar-refractivity contribution is -0.101. The number of ether oxygens (including phenoxy) is 2. The summed E-state index contributed by atoms with van der Waals surface area (Å²) in [5.74, 6) is 0. The smallest absolute Gasteiger partial charge is 0.181 e. The fourth-order valence-electron chi connectivity index (χ4n) is 1.00. The summed E-state index contributed by atoms with van der Waals surface area (Å²) < 4.78 is 9.96. The number of aliphatic hydroxyl groups excluding tert-OH is 3. The Bertz CT molecular complexity index is 106. The van der Waals surface area contributed by atoms with Gasteiger partial charge in [-0.3, -0.25) is 0 Å². The molecule has 0 aromatic heterocycles. The van der Waals surface area contributed by atoms with E-state index in [4.69, 9.17) is 24.8 Å². The summed E-state index contributed by atoms with van der Waals surface area (Å²) in [6.45, 7) is -0.670. The second kappa shape index (κ2) is 3.99. The molecule has 66 valence electrons. The van der Waals surface area contributed by atoms with Crippen molar-refractivity contribution < 1.29 is 24.8 Å². The minimum atomic E-state index is -0.704. The highest BCUT2D eigenvalue weighted by molar-refractivity contribution is 4.75. The maximum Gasteiger partial charge on any atom is 0.181 e. The van der Waals surface area contributed by atoms with Crippen LogP contribution in [0.2, 0.25) is 0 Å². The van der Waals surface area contributed by atoms with Gasteiger partial charge in [0.25, 0.3) is 0 Å². The molecule has 0 aromatic carbocycles. The van der Waals surface area contributed by atoms with Crippen molar-refractivity contribution in [3.8, 4) is 0 Å². The van der Waals surface area contributed by atoms with E-state index in [9.17, 15) is 0 Å². The van der Waals surface area contributed by atoms with E-state index in [1.165, 1.54) is 0 Å². The standard InChI is InChI=1S/C6H12O5/c7-1-4-5(2-8)11-6(3-9)10-4/h4-9H,1-3H2/t4-,5+,6?. The lowest BCUT2D eigenvalue weighted by atomic mass is 10.2. The van der Waals surface area contributed by atoms with Gasteiger partial charge in [-0.1, -0.05) is 0 Å². The fourth-order valence-corrected chi connectivity index (χ4v) is 1.00. The van der Waals surface area contributed by atoms with Gasteiger partial charge in [0.15, 0.2) is 6.29 Å². The van der Waals surface area contributed by atoms with Crippen LogP contribution in [-0.4, -0.2) is 53.6 Å². The van der Waals surface area contributed by atoms with Crippen molar-refractivity contribution in [3.05, 3.63) is 0 Å². The highest BCUT2D eigenvalue weighted by Crippen LogP contribution is 2.17. The lowest BCUT2D eigenvalue weighted by Gasteiger charge is -2.09. The van der Waals surface area contributed by atoms with Crippen LogP contribution in [0.4, 0.5) is 0 Å². The molecular formula is C6H12O5. The summed E-state index contributed by atoms with van der Waals surface area (Å²) in [6, 6.07) is 0. The van der Waals surface area contributed by atoms with Crippen molar-refractivity contribution in [3.63, 3.8) is 0 Å². The van der Waals surface area contributed by atoms with Crippen molar-refractivity contribution in [2.45, 2.75) is 18.5 Å². The van der Waals surface area contributed by atoms with Crippen molar-refractivity contribution in [2.75, 3.05) is 19.8 Å². The molecule has 0 amide bonds. The van der Waals surface area contributed by atoms with Gasteiger partial charge in [-0.25, -0.2) is 0 Å². The first-order valence-corrected chi connectivity index (χ1v) is 3.45. The predicted molar refractivity (Wildman–Crippen MR) is 34.8 cm³/mol. The van der Waals surface area contributed by atoms with Gasteiger partial charge in [0.05, 0.1) is 19.8 Å². The van der Waals surface area contributed by atoms with E-state index in [2.05, 4.69) is 0 Å². The summed E-state index contributed by atoms with van der Waals surface area (Å²) in [5, 5.41) is 25.9. The summed E-state index contributed by atoms with van der Waals surface area (Å²) in [7, 11) is 0. The summed E-state index contributed by atoms with van der Waals surface area (Å²) >= 11 is 0. The molecule has 11 heavy (non-hydrogen) atoms. The Morgan fingerprint density at radius 2 is 1.27 bits per heavy atom. The zero-order chi connectivity index (χ0) is 8.27. The predicted octanol–water partition coefficient (Wildman–Crippen LogP) is -1.93. The zero-order valence-corrected chi connectivity index (χ0v) is 6.01. The summed E-state index contributed by atoms with van der Waals surface area (Å²) in [5.41, 5.74) is 0. The van der Waals surface area contributed by atoms with Gasteiger partial charge >= 0.3 is 0 Å². The van der Waals surface area contributed by atoms with Gasteiger partial charge in [-0.2, -0.15) is 0 Å². The Morgan fingerprint density at radius 1 is 0.818 bits per heavy atom. The average molecular weight is 164 g/mol. The molecule has 5 nitrogen and oxygen atoms in total. The Labute approximate surface area is 64.2 Å². The van der Waals surface area contributed by atoms with Crippen LogP contribution < -0.4 is 0 Å². The third kappa shape index (κ3) is 1.88. The Morgan fingerprint density at radius 3 is 1.55 bits per heavy atom. The van der Waals surface area contributed by atoms with Gasteiger partial charge < -0.3 is 24.8 Å². The molecule has 1 heterocycles. The lowest BCUT2D eigenvalue weighted by Crippen LogP contribution is -2.29.